The van der Waals surface area contributed by atoms with Crippen molar-refractivity contribution in [1.29, 1.82) is 0 Å². The molecule has 0 aliphatic carbocycles. The average Bonchev–Trinajstić information content (AvgIpc) is 3.00. The summed E-state index contributed by atoms with van der Waals surface area (Å²) >= 11 is 0. The van der Waals surface area contributed by atoms with E-state index in [2.05, 4.69) is 37.3 Å². The smallest absolute Gasteiger partial charge is 0.223 e. The third-order valence-electron chi connectivity index (χ3n) is 3.46. The highest BCUT2D eigenvalue weighted by molar-refractivity contribution is 5.62. The summed E-state index contributed by atoms with van der Waals surface area (Å²) in [6.07, 6.45) is 4.97. The summed E-state index contributed by atoms with van der Waals surface area (Å²) in [5.41, 5.74) is 3.84. The first kappa shape index (κ1) is 15.1. The minimum atomic E-state index is 0.129. The standard InChI is InChI=1S/C16H19N7/c1-11-4-5-14(13(3)20-11)15-6-7-18-16(22-15)21-12(2)8-23-10-17-9-19-23/h4-7,9-10,12H,8H2,1-3H3,(H,18,21,22)/t12-/m1/s1. The first-order valence-electron chi connectivity index (χ1n) is 7.48. The molecule has 0 amide bonds. The highest BCUT2D eigenvalue weighted by atomic mass is 15.3. The minimum absolute atomic E-state index is 0.129. The Morgan fingerprint density at radius 1 is 1.17 bits per heavy atom. The lowest BCUT2D eigenvalue weighted by atomic mass is 10.1. The largest absolute Gasteiger partial charge is 0.350 e. The Kier molecular flexibility index (Phi) is 4.27. The Hall–Kier alpha value is -2.83. The van der Waals surface area contributed by atoms with Crippen molar-refractivity contribution in [3.8, 4) is 11.3 Å². The van der Waals surface area contributed by atoms with Crippen LogP contribution in [0.15, 0.2) is 37.1 Å². The maximum Gasteiger partial charge on any atom is 0.223 e. The number of aryl methyl sites for hydroxylation is 2. The third-order valence-corrected chi connectivity index (χ3v) is 3.46. The lowest BCUT2D eigenvalue weighted by Crippen LogP contribution is -2.23. The van der Waals surface area contributed by atoms with Crippen LogP contribution in [0, 0.1) is 13.8 Å². The van der Waals surface area contributed by atoms with Crippen LogP contribution in [0.25, 0.3) is 11.3 Å². The van der Waals surface area contributed by atoms with Gasteiger partial charge in [0.2, 0.25) is 5.95 Å². The van der Waals surface area contributed by atoms with E-state index in [4.69, 9.17) is 0 Å². The van der Waals surface area contributed by atoms with Crippen molar-refractivity contribution in [2.45, 2.75) is 33.4 Å². The first-order chi connectivity index (χ1) is 11.1. The van der Waals surface area contributed by atoms with Crippen molar-refractivity contribution in [2.24, 2.45) is 0 Å². The lowest BCUT2D eigenvalue weighted by molar-refractivity contribution is 0.557. The number of nitrogens with one attached hydrogen (secondary N) is 1. The van der Waals surface area contributed by atoms with Gasteiger partial charge in [0.05, 0.1) is 12.2 Å². The number of anilines is 1. The fourth-order valence-electron chi connectivity index (χ4n) is 2.41. The second-order valence-electron chi connectivity index (χ2n) is 5.51. The van der Waals surface area contributed by atoms with Crippen molar-refractivity contribution in [2.75, 3.05) is 5.32 Å². The molecule has 118 valence electrons. The molecule has 0 spiro atoms. The molecule has 0 radical (unpaired) electrons. The molecule has 7 nitrogen and oxygen atoms in total. The van der Waals surface area contributed by atoms with E-state index in [0.717, 1.165) is 22.6 Å². The van der Waals surface area contributed by atoms with E-state index < -0.39 is 0 Å². The molecular formula is C16H19N7. The van der Waals surface area contributed by atoms with Gasteiger partial charge >= 0.3 is 0 Å². The van der Waals surface area contributed by atoms with E-state index in [1.54, 1.807) is 17.2 Å². The molecule has 0 bridgehead atoms. The predicted molar refractivity (Wildman–Crippen MR) is 87.8 cm³/mol. The van der Waals surface area contributed by atoms with Crippen molar-refractivity contribution < 1.29 is 0 Å². The molecule has 1 atom stereocenters. The quantitative estimate of drug-likeness (QED) is 0.778. The van der Waals surface area contributed by atoms with Gasteiger partial charge in [0.1, 0.15) is 12.7 Å². The van der Waals surface area contributed by atoms with Crippen LogP contribution in [-0.4, -0.2) is 35.8 Å². The topological polar surface area (TPSA) is 81.4 Å². The van der Waals surface area contributed by atoms with Crippen LogP contribution in [0.2, 0.25) is 0 Å². The van der Waals surface area contributed by atoms with Gasteiger partial charge < -0.3 is 5.32 Å². The van der Waals surface area contributed by atoms with Crippen molar-refractivity contribution in [1.82, 2.24) is 29.7 Å². The van der Waals surface area contributed by atoms with Crippen LogP contribution < -0.4 is 5.32 Å². The number of pyridine rings is 1. The Bertz CT molecular complexity index is 783. The molecule has 0 saturated carbocycles. The summed E-state index contributed by atoms with van der Waals surface area (Å²) in [5.74, 6) is 0.593. The lowest BCUT2D eigenvalue weighted by Gasteiger charge is -2.14. The maximum absolute atomic E-state index is 4.60. The molecule has 0 aliphatic rings. The van der Waals surface area contributed by atoms with E-state index in [1.165, 1.54) is 6.33 Å². The van der Waals surface area contributed by atoms with Gasteiger partial charge in [-0.2, -0.15) is 5.10 Å². The summed E-state index contributed by atoms with van der Waals surface area (Å²) < 4.78 is 1.77. The zero-order valence-electron chi connectivity index (χ0n) is 13.4. The Labute approximate surface area is 134 Å². The molecular weight excluding hydrogens is 290 g/mol. The van der Waals surface area contributed by atoms with Gasteiger partial charge in [-0.25, -0.2) is 15.0 Å². The van der Waals surface area contributed by atoms with Crippen molar-refractivity contribution >= 4 is 5.95 Å². The fraction of sp³-hybridized carbons (Fsp3) is 0.312. The van der Waals surface area contributed by atoms with E-state index >= 15 is 0 Å². The second kappa shape index (κ2) is 6.51. The molecule has 23 heavy (non-hydrogen) atoms. The predicted octanol–water partition coefficient (Wildman–Crippen LogP) is 2.25. The molecule has 3 aromatic rings. The van der Waals surface area contributed by atoms with E-state index in [9.17, 15) is 0 Å². The molecule has 0 saturated heterocycles. The maximum atomic E-state index is 4.60. The van der Waals surface area contributed by atoms with E-state index in [-0.39, 0.29) is 6.04 Å². The fourth-order valence-corrected chi connectivity index (χ4v) is 2.41. The summed E-state index contributed by atoms with van der Waals surface area (Å²) in [4.78, 5) is 17.3. The van der Waals surface area contributed by atoms with Crippen LogP contribution >= 0.6 is 0 Å². The van der Waals surface area contributed by atoms with Crippen LogP contribution in [0.3, 0.4) is 0 Å². The van der Waals surface area contributed by atoms with Crippen molar-refractivity contribution in [3.63, 3.8) is 0 Å². The molecule has 3 rings (SSSR count). The van der Waals surface area contributed by atoms with Crippen LogP contribution in [0.5, 0.6) is 0 Å². The monoisotopic (exact) mass is 309 g/mol. The normalized spacial score (nSPS) is 12.1. The van der Waals surface area contributed by atoms with Crippen molar-refractivity contribution in [3.05, 3.63) is 48.4 Å². The molecule has 3 heterocycles. The van der Waals surface area contributed by atoms with Gasteiger partial charge in [-0.15, -0.1) is 0 Å². The summed E-state index contributed by atoms with van der Waals surface area (Å²) in [5, 5.41) is 7.39. The number of aromatic nitrogens is 6. The summed E-state index contributed by atoms with van der Waals surface area (Å²) in [6, 6.07) is 6.06. The molecule has 0 aliphatic heterocycles. The summed E-state index contributed by atoms with van der Waals surface area (Å²) in [6.45, 7) is 6.72. The van der Waals surface area contributed by atoms with Gasteiger partial charge in [-0.1, -0.05) is 0 Å². The Morgan fingerprint density at radius 3 is 2.78 bits per heavy atom. The molecule has 3 aromatic heterocycles. The van der Waals surface area contributed by atoms with Crippen LogP contribution in [-0.2, 0) is 6.54 Å². The Morgan fingerprint density at radius 2 is 2.04 bits per heavy atom. The molecule has 0 unspecified atom stereocenters. The van der Waals surface area contributed by atoms with Gasteiger partial charge in [0, 0.05) is 29.2 Å². The third kappa shape index (κ3) is 3.68. The molecule has 7 heteroatoms. The van der Waals surface area contributed by atoms with E-state index in [0.29, 0.717) is 12.5 Å². The van der Waals surface area contributed by atoms with E-state index in [1.807, 2.05) is 32.0 Å². The number of hydrogen-bond donors (Lipinski definition) is 1. The second-order valence-corrected chi connectivity index (χ2v) is 5.51. The zero-order valence-corrected chi connectivity index (χ0v) is 13.4. The first-order valence-corrected chi connectivity index (χ1v) is 7.48. The Balaban J connectivity index is 1.77. The molecule has 0 fully saturated rings. The average molecular weight is 309 g/mol. The number of nitrogens with zero attached hydrogens (tertiary/aromatic N) is 6. The summed E-state index contributed by atoms with van der Waals surface area (Å²) in [7, 11) is 0. The number of hydrogen-bond acceptors (Lipinski definition) is 6. The zero-order chi connectivity index (χ0) is 16.2. The minimum Gasteiger partial charge on any atom is -0.350 e. The van der Waals surface area contributed by atoms with Crippen LogP contribution in [0.4, 0.5) is 5.95 Å². The molecule has 1 N–H and O–H groups in total. The van der Waals surface area contributed by atoms with Crippen LogP contribution in [0.1, 0.15) is 18.3 Å². The van der Waals surface area contributed by atoms with Gasteiger partial charge in [0.15, 0.2) is 0 Å². The highest BCUT2D eigenvalue weighted by Crippen LogP contribution is 2.21. The number of rotatable bonds is 5. The SMILES string of the molecule is Cc1ccc(-c2ccnc(N[C@H](C)Cn3cncn3)n2)c(C)n1. The molecule has 0 aromatic carbocycles. The van der Waals surface area contributed by atoms with Gasteiger partial charge in [0.25, 0.3) is 0 Å². The highest BCUT2D eigenvalue weighted by Gasteiger charge is 2.09. The van der Waals surface area contributed by atoms with Gasteiger partial charge in [-0.05, 0) is 39.0 Å². The van der Waals surface area contributed by atoms with Gasteiger partial charge in [-0.3, -0.25) is 9.67 Å².